The third kappa shape index (κ3) is 3.88. The number of nitrogens with zero attached hydrogens (tertiary/aromatic N) is 1. The van der Waals surface area contributed by atoms with E-state index in [1.54, 1.807) is 7.11 Å². The van der Waals surface area contributed by atoms with E-state index in [2.05, 4.69) is 24.2 Å². The molecule has 2 atom stereocenters. The van der Waals surface area contributed by atoms with Crippen LogP contribution in [0, 0.1) is 5.41 Å². The van der Waals surface area contributed by atoms with Crippen molar-refractivity contribution in [2.45, 2.75) is 38.8 Å². The van der Waals surface area contributed by atoms with Crippen molar-refractivity contribution in [2.24, 2.45) is 16.1 Å². The number of benzene rings is 1. The molecule has 0 spiro atoms. The van der Waals surface area contributed by atoms with Crippen molar-refractivity contribution in [1.82, 2.24) is 0 Å². The van der Waals surface area contributed by atoms with Crippen molar-refractivity contribution in [3.63, 3.8) is 0 Å². The van der Waals surface area contributed by atoms with Crippen LogP contribution in [0.4, 0.5) is 5.69 Å². The van der Waals surface area contributed by atoms with Gasteiger partial charge in [0.15, 0.2) is 17.5 Å². The van der Waals surface area contributed by atoms with E-state index in [0.29, 0.717) is 19.2 Å². The number of nitrogens with one attached hydrogen (secondary N) is 1. The van der Waals surface area contributed by atoms with E-state index in [0.717, 1.165) is 30.0 Å². The Morgan fingerprint density at radius 3 is 2.67 bits per heavy atom. The first-order valence-corrected chi connectivity index (χ1v) is 8.03. The van der Waals surface area contributed by atoms with Gasteiger partial charge in [0.25, 0.3) is 0 Å². The molecule has 1 saturated carbocycles. The summed E-state index contributed by atoms with van der Waals surface area (Å²) >= 11 is 0. The van der Waals surface area contributed by atoms with Crippen molar-refractivity contribution < 1.29 is 14.2 Å². The fraction of sp³-hybridized carbons (Fsp3) is 0.588. The lowest BCUT2D eigenvalue weighted by atomic mass is 9.65. The molecule has 6 nitrogen and oxygen atoms in total. The van der Waals surface area contributed by atoms with Gasteiger partial charge in [0.1, 0.15) is 0 Å². The normalized spacial score (nSPS) is 25.0. The highest BCUT2D eigenvalue weighted by Gasteiger charge is 2.48. The molecule has 0 saturated heterocycles. The second kappa shape index (κ2) is 7.77. The van der Waals surface area contributed by atoms with Crippen LogP contribution in [0.2, 0.25) is 0 Å². The molecule has 0 bridgehead atoms. The summed E-state index contributed by atoms with van der Waals surface area (Å²) < 4.78 is 16.8. The van der Waals surface area contributed by atoms with Crippen molar-refractivity contribution in [3.05, 3.63) is 18.2 Å². The first kappa shape index (κ1) is 19.1. The molecule has 134 valence electrons. The van der Waals surface area contributed by atoms with Gasteiger partial charge in [-0.05, 0) is 18.6 Å². The molecule has 2 unspecified atom stereocenters. The van der Waals surface area contributed by atoms with Crippen LogP contribution in [-0.2, 0) is 4.74 Å². The Bertz CT molecular complexity index is 607. The van der Waals surface area contributed by atoms with Crippen molar-refractivity contribution in [3.8, 4) is 11.5 Å². The highest BCUT2D eigenvalue weighted by atomic mass is 127. The average Bonchev–Trinajstić information content (AvgIpc) is 2.75. The fourth-order valence-electron chi connectivity index (χ4n) is 3.07. The minimum Gasteiger partial charge on any atom is -0.490 e. The van der Waals surface area contributed by atoms with Crippen LogP contribution in [0.15, 0.2) is 23.2 Å². The molecule has 0 aromatic heterocycles. The fourth-order valence-corrected chi connectivity index (χ4v) is 3.07. The first-order valence-electron chi connectivity index (χ1n) is 8.03. The lowest BCUT2D eigenvalue weighted by Gasteiger charge is -2.48. The highest BCUT2D eigenvalue weighted by Crippen LogP contribution is 2.44. The zero-order chi connectivity index (χ0) is 16.4. The molecule has 1 heterocycles. The van der Waals surface area contributed by atoms with Crippen LogP contribution in [-0.4, -0.2) is 38.4 Å². The maximum Gasteiger partial charge on any atom is 0.193 e. The number of nitrogens with two attached hydrogens (primary N) is 1. The standard InChI is InChI=1S/C17H25N3O3.HI/c1-17(2)14(10-15(17)21-3)20-16(18)19-11-5-6-12-13(9-11)23-8-4-7-22-12;/h5-6,9,14-15H,4,7-8,10H2,1-3H3,(H3,18,19,20);1H. The average molecular weight is 447 g/mol. The smallest absolute Gasteiger partial charge is 0.193 e. The molecule has 1 aliphatic heterocycles. The van der Waals surface area contributed by atoms with Gasteiger partial charge >= 0.3 is 0 Å². The number of guanidine groups is 1. The molecule has 0 radical (unpaired) electrons. The van der Waals surface area contributed by atoms with E-state index in [4.69, 9.17) is 19.9 Å². The summed E-state index contributed by atoms with van der Waals surface area (Å²) in [6.07, 6.45) is 2.02. The van der Waals surface area contributed by atoms with Gasteiger partial charge < -0.3 is 25.3 Å². The van der Waals surface area contributed by atoms with E-state index in [1.165, 1.54) is 0 Å². The van der Waals surface area contributed by atoms with Crippen molar-refractivity contribution in [1.29, 1.82) is 0 Å². The van der Waals surface area contributed by atoms with Crippen LogP contribution in [0.25, 0.3) is 0 Å². The Hall–Kier alpha value is -1.22. The zero-order valence-corrected chi connectivity index (χ0v) is 16.7. The highest BCUT2D eigenvalue weighted by molar-refractivity contribution is 14.0. The molecule has 7 heteroatoms. The minimum absolute atomic E-state index is 0. The molecular weight excluding hydrogens is 421 g/mol. The van der Waals surface area contributed by atoms with E-state index in [-0.39, 0.29) is 41.5 Å². The van der Waals surface area contributed by atoms with E-state index < -0.39 is 0 Å². The number of halogens is 1. The maximum absolute atomic E-state index is 6.06. The van der Waals surface area contributed by atoms with Crippen LogP contribution in [0.3, 0.4) is 0 Å². The number of anilines is 1. The Morgan fingerprint density at radius 1 is 1.29 bits per heavy atom. The number of hydrogen-bond acceptors (Lipinski definition) is 4. The predicted molar refractivity (Wildman–Crippen MR) is 106 cm³/mol. The quantitative estimate of drug-likeness (QED) is 0.423. The lowest BCUT2D eigenvalue weighted by molar-refractivity contribution is -0.0850. The topological polar surface area (TPSA) is 78.1 Å². The molecule has 24 heavy (non-hydrogen) atoms. The summed E-state index contributed by atoms with van der Waals surface area (Å²) in [5, 5.41) is 3.13. The van der Waals surface area contributed by atoms with Gasteiger partial charge in [0, 0.05) is 30.7 Å². The molecule has 1 fully saturated rings. The SMILES string of the molecule is COC1CC(N=C(N)Nc2ccc3c(c2)OCCCO3)C1(C)C.I. The number of aliphatic imine (C=N–C) groups is 1. The minimum atomic E-state index is 0. The largest absolute Gasteiger partial charge is 0.490 e. The maximum atomic E-state index is 6.06. The van der Waals surface area contributed by atoms with Gasteiger partial charge in [-0.1, -0.05) is 13.8 Å². The van der Waals surface area contributed by atoms with Crippen LogP contribution in [0.1, 0.15) is 26.7 Å². The van der Waals surface area contributed by atoms with Gasteiger partial charge in [-0.3, -0.25) is 0 Å². The number of hydrogen-bond donors (Lipinski definition) is 2. The zero-order valence-electron chi connectivity index (χ0n) is 14.4. The lowest BCUT2D eigenvalue weighted by Crippen LogP contribution is -2.54. The molecule has 0 amide bonds. The molecule has 2 aliphatic rings. The molecule has 3 N–H and O–H groups in total. The number of rotatable bonds is 3. The number of methoxy groups -OCH3 is 1. The molecule has 1 aromatic rings. The monoisotopic (exact) mass is 447 g/mol. The van der Waals surface area contributed by atoms with Crippen molar-refractivity contribution >= 4 is 35.6 Å². The van der Waals surface area contributed by atoms with E-state index in [1.807, 2.05) is 18.2 Å². The molecular formula is C17H26IN3O3. The molecule has 1 aliphatic carbocycles. The van der Waals surface area contributed by atoms with Gasteiger partial charge in [0.05, 0.1) is 25.4 Å². The van der Waals surface area contributed by atoms with Crippen LogP contribution < -0.4 is 20.5 Å². The first-order chi connectivity index (χ1) is 11.0. The molecule has 1 aromatic carbocycles. The summed E-state index contributed by atoms with van der Waals surface area (Å²) in [6, 6.07) is 5.87. The second-order valence-corrected chi connectivity index (χ2v) is 6.65. The van der Waals surface area contributed by atoms with Crippen LogP contribution in [0.5, 0.6) is 11.5 Å². The summed E-state index contributed by atoms with van der Waals surface area (Å²) in [4.78, 5) is 4.59. The summed E-state index contributed by atoms with van der Waals surface area (Å²) in [5.41, 5.74) is 6.91. The Labute approximate surface area is 160 Å². The Morgan fingerprint density at radius 2 is 2.00 bits per heavy atom. The van der Waals surface area contributed by atoms with Gasteiger partial charge in [0.2, 0.25) is 0 Å². The van der Waals surface area contributed by atoms with Gasteiger partial charge in [-0.2, -0.15) is 0 Å². The van der Waals surface area contributed by atoms with E-state index in [9.17, 15) is 0 Å². The summed E-state index contributed by atoms with van der Waals surface area (Å²) in [5.74, 6) is 1.92. The second-order valence-electron chi connectivity index (χ2n) is 6.65. The third-order valence-corrected chi connectivity index (χ3v) is 4.73. The summed E-state index contributed by atoms with van der Waals surface area (Å²) in [7, 11) is 1.74. The summed E-state index contributed by atoms with van der Waals surface area (Å²) in [6.45, 7) is 5.65. The van der Waals surface area contributed by atoms with Crippen molar-refractivity contribution in [2.75, 3.05) is 25.6 Å². The Kier molecular flexibility index (Phi) is 6.19. The van der Waals surface area contributed by atoms with Crippen LogP contribution >= 0.6 is 24.0 Å². The molecule has 3 rings (SSSR count). The van der Waals surface area contributed by atoms with E-state index >= 15 is 0 Å². The predicted octanol–water partition coefficient (Wildman–Crippen LogP) is 3.01. The third-order valence-electron chi connectivity index (χ3n) is 4.73. The van der Waals surface area contributed by atoms with Gasteiger partial charge in [-0.25, -0.2) is 4.99 Å². The number of ether oxygens (including phenoxy) is 3. The number of fused-ring (bicyclic) bond motifs is 1. The Balaban J connectivity index is 0.00000208. The van der Waals surface area contributed by atoms with Gasteiger partial charge in [-0.15, -0.1) is 24.0 Å².